The molecule has 1 saturated heterocycles. The van der Waals surface area contributed by atoms with Crippen LogP contribution in [0.5, 0.6) is 0 Å². The molecular weight excluding hydrogens is 444 g/mol. The van der Waals surface area contributed by atoms with Gasteiger partial charge in [0, 0.05) is 31.1 Å². The molecule has 1 saturated carbocycles. The van der Waals surface area contributed by atoms with Crippen molar-refractivity contribution < 1.29 is 14.7 Å². The molecule has 8 heteroatoms. The largest absolute Gasteiger partial charge is 0.481 e. The Balaban J connectivity index is 1.72. The predicted molar refractivity (Wildman–Crippen MR) is 137 cm³/mol. The first-order valence-electron chi connectivity index (χ1n) is 13.1. The summed E-state index contributed by atoms with van der Waals surface area (Å²) in [6.45, 7) is 3.24. The Hall–Kier alpha value is -2.74. The van der Waals surface area contributed by atoms with Crippen LogP contribution in [0.3, 0.4) is 0 Å². The van der Waals surface area contributed by atoms with E-state index in [4.69, 9.17) is 4.84 Å². The van der Waals surface area contributed by atoms with E-state index >= 15 is 0 Å². The van der Waals surface area contributed by atoms with Gasteiger partial charge >= 0.3 is 5.97 Å². The lowest BCUT2D eigenvalue weighted by Crippen LogP contribution is -2.50. The maximum atomic E-state index is 13.9. The Kier molecular flexibility index (Phi) is 8.55. The monoisotopic (exact) mass is 482 g/mol. The fourth-order valence-electron chi connectivity index (χ4n) is 6.04. The number of fused-ring (bicyclic) bond motifs is 1. The number of likely N-dealkylation sites (tertiary alicyclic amines) is 1. The van der Waals surface area contributed by atoms with E-state index < -0.39 is 5.97 Å². The Morgan fingerprint density at radius 1 is 1.14 bits per heavy atom. The van der Waals surface area contributed by atoms with Crippen LogP contribution in [0.2, 0.25) is 0 Å². The molecule has 1 aromatic heterocycles. The molecule has 1 aliphatic carbocycles. The first-order valence-corrected chi connectivity index (χ1v) is 13.1. The molecule has 35 heavy (non-hydrogen) atoms. The van der Waals surface area contributed by atoms with Crippen molar-refractivity contribution in [2.24, 2.45) is 5.16 Å². The molecular formula is C27H38N4O4. The minimum atomic E-state index is -0.951. The summed E-state index contributed by atoms with van der Waals surface area (Å²) >= 11 is 0. The minimum absolute atomic E-state index is 0.0637. The number of benzene rings is 1. The van der Waals surface area contributed by atoms with Crippen LogP contribution in [0.4, 0.5) is 0 Å². The summed E-state index contributed by atoms with van der Waals surface area (Å²) in [5.74, 6) is -0.951. The van der Waals surface area contributed by atoms with E-state index in [0.717, 1.165) is 37.7 Å². The topological polar surface area (TPSA) is 97.0 Å². The number of oxime groups is 1. The van der Waals surface area contributed by atoms with Crippen LogP contribution in [0.15, 0.2) is 34.2 Å². The molecule has 1 N–H and O–H groups in total. The predicted octanol–water partition coefficient (Wildman–Crippen LogP) is 4.75. The zero-order valence-electron chi connectivity index (χ0n) is 21.0. The highest BCUT2D eigenvalue weighted by atomic mass is 16.6. The van der Waals surface area contributed by atoms with Crippen LogP contribution in [0.1, 0.15) is 89.3 Å². The van der Waals surface area contributed by atoms with E-state index in [0.29, 0.717) is 17.6 Å². The molecule has 0 spiro atoms. The third kappa shape index (κ3) is 5.74. The van der Waals surface area contributed by atoms with Gasteiger partial charge < -0.3 is 14.5 Å². The van der Waals surface area contributed by atoms with Crippen LogP contribution < -0.4 is 5.56 Å². The molecule has 0 unspecified atom stereocenters. The lowest BCUT2D eigenvalue weighted by atomic mass is 9.87. The quantitative estimate of drug-likeness (QED) is 0.409. The molecule has 2 atom stereocenters. The number of rotatable bonds is 9. The minimum Gasteiger partial charge on any atom is -0.481 e. The zero-order chi connectivity index (χ0) is 24.8. The van der Waals surface area contributed by atoms with Crippen molar-refractivity contribution >= 4 is 22.7 Å². The number of hydrogen-bond acceptors (Lipinski definition) is 6. The third-order valence-electron chi connectivity index (χ3n) is 7.61. The van der Waals surface area contributed by atoms with Crippen molar-refractivity contribution in [2.45, 2.75) is 95.7 Å². The summed E-state index contributed by atoms with van der Waals surface area (Å²) in [4.78, 5) is 37.4. The van der Waals surface area contributed by atoms with Crippen LogP contribution >= 0.6 is 0 Å². The summed E-state index contributed by atoms with van der Waals surface area (Å²) < 4.78 is 1.91. The van der Waals surface area contributed by atoms with Gasteiger partial charge in [-0.05, 0) is 44.2 Å². The van der Waals surface area contributed by atoms with Crippen molar-refractivity contribution in [3.05, 3.63) is 40.3 Å². The number of piperidine rings is 1. The fraction of sp³-hybridized carbons (Fsp3) is 0.630. The molecule has 1 aliphatic heterocycles. The lowest BCUT2D eigenvalue weighted by Gasteiger charge is -2.45. The lowest BCUT2D eigenvalue weighted by molar-refractivity contribution is -0.136. The second kappa shape index (κ2) is 11.8. The molecule has 190 valence electrons. The third-order valence-corrected chi connectivity index (χ3v) is 7.61. The summed E-state index contributed by atoms with van der Waals surface area (Å²) in [5, 5.41) is 13.2. The SMILES string of the molecule is CCC[C@@H]1C[C@H](n2c(=O)c(/C(CCC(=O)O)=N/OC)nc3ccccc32)CCN1C1CCCCC1. The molecule has 1 aromatic carbocycles. The average molecular weight is 483 g/mol. The number of aromatic nitrogens is 2. The molecule has 0 amide bonds. The average Bonchev–Trinajstić information content (AvgIpc) is 2.87. The molecule has 2 aliphatic rings. The van der Waals surface area contributed by atoms with Gasteiger partial charge in [-0.15, -0.1) is 0 Å². The summed E-state index contributed by atoms with van der Waals surface area (Å²) in [6.07, 6.45) is 10.6. The zero-order valence-corrected chi connectivity index (χ0v) is 21.0. The van der Waals surface area contributed by atoms with Gasteiger partial charge in [-0.25, -0.2) is 4.98 Å². The Bertz CT molecular complexity index is 1110. The maximum Gasteiger partial charge on any atom is 0.303 e. The molecule has 4 rings (SSSR count). The molecule has 2 heterocycles. The highest BCUT2D eigenvalue weighted by Crippen LogP contribution is 2.35. The fourth-order valence-corrected chi connectivity index (χ4v) is 6.04. The van der Waals surface area contributed by atoms with Gasteiger partial charge in [0.25, 0.3) is 5.56 Å². The molecule has 2 fully saturated rings. The van der Waals surface area contributed by atoms with Gasteiger partial charge in [0.2, 0.25) is 0 Å². The Morgan fingerprint density at radius 2 is 1.91 bits per heavy atom. The normalized spacial score (nSPS) is 22.4. The second-order valence-corrected chi connectivity index (χ2v) is 9.89. The van der Waals surface area contributed by atoms with Crippen LogP contribution in [-0.2, 0) is 9.63 Å². The van der Waals surface area contributed by atoms with Gasteiger partial charge in [0.05, 0.1) is 17.5 Å². The standard InChI is InChI=1S/C27H38N4O4/c1-3-9-20-18-21(16-17-30(20)19-10-5-4-6-11-19)31-24-13-8-7-12-22(24)28-26(27(31)34)23(29-35-2)14-15-25(32)33/h7-8,12-13,19-21H,3-6,9-11,14-18H2,1-2H3,(H,32,33)/b29-23+/t20-,21-/m1/s1. The van der Waals surface area contributed by atoms with Gasteiger partial charge in [-0.2, -0.15) is 0 Å². The van der Waals surface area contributed by atoms with Gasteiger partial charge in [0.1, 0.15) is 12.8 Å². The van der Waals surface area contributed by atoms with Crippen LogP contribution in [0, 0.1) is 0 Å². The van der Waals surface area contributed by atoms with Crippen molar-refractivity contribution in [2.75, 3.05) is 13.7 Å². The van der Waals surface area contributed by atoms with Crippen molar-refractivity contribution in [1.82, 2.24) is 14.5 Å². The number of carboxylic acid groups (broad SMARTS) is 1. The van der Waals surface area contributed by atoms with E-state index in [1.165, 1.54) is 39.2 Å². The van der Waals surface area contributed by atoms with E-state index in [-0.39, 0.29) is 35.8 Å². The summed E-state index contributed by atoms with van der Waals surface area (Å²) in [5.41, 5.74) is 1.79. The first kappa shape index (κ1) is 25.4. The molecule has 2 aromatic rings. The van der Waals surface area contributed by atoms with E-state index in [9.17, 15) is 14.7 Å². The number of hydrogen-bond donors (Lipinski definition) is 1. The molecule has 8 nitrogen and oxygen atoms in total. The molecule has 0 radical (unpaired) electrons. The van der Waals surface area contributed by atoms with E-state index in [2.05, 4.69) is 22.0 Å². The second-order valence-electron chi connectivity index (χ2n) is 9.89. The van der Waals surface area contributed by atoms with Crippen molar-refractivity contribution in [1.29, 1.82) is 0 Å². The highest BCUT2D eigenvalue weighted by Gasteiger charge is 2.35. The first-order chi connectivity index (χ1) is 17.0. The Morgan fingerprint density at radius 3 is 2.63 bits per heavy atom. The number of para-hydroxylation sites is 2. The maximum absolute atomic E-state index is 13.9. The summed E-state index contributed by atoms with van der Waals surface area (Å²) in [6, 6.07) is 8.90. The highest BCUT2D eigenvalue weighted by molar-refractivity contribution is 6.00. The van der Waals surface area contributed by atoms with Crippen molar-refractivity contribution in [3.8, 4) is 0 Å². The van der Waals surface area contributed by atoms with Crippen LogP contribution in [-0.4, -0.2) is 57.0 Å². The number of aliphatic carboxylic acids is 1. The summed E-state index contributed by atoms with van der Waals surface area (Å²) in [7, 11) is 1.40. The van der Waals surface area contributed by atoms with Gasteiger partial charge in [0.15, 0.2) is 5.69 Å². The van der Waals surface area contributed by atoms with Crippen LogP contribution in [0.25, 0.3) is 11.0 Å². The van der Waals surface area contributed by atoms with E-state index in [1.807, 2.05) is 28.8 Å². The van der Waals surface area contributed by atoms with Gasteiger partial charge in [-0.1, -0.05) is 49.9 Å². The van der Waals surface area contributed by atoms with E-state index in [1.54, 1.807) is 0 Å². The number of carboxylic acids is 1. The smallest absolute Gasteiger partial charge is 0.303 e. The molecule has 0 bridgehead atoms. The number of nitrogens with zero attached hydrogens (tertiary/aromatic N) is 4. The van der Waals surface area contributed by atoms with Gasteiger partial charge in [-0.3, -0.25) is 14.5 Å². The number of carbonyl (C=O) groups is 1. The Labute approximate surface area is 207 Å². The van der Waals surface area contributed by atoms with Crippen molar-refractivity contribution in [3.63, 3.8) is 0 Å².